The van der Waals surface area contributed by atoms with Crippen molar-refractivity contribution in [3.8, 4) is 0 Å². The third-order valence-electron chi connectivity index (χ3n) is 2.98. The number of nitrogens with one attached hydrogen (secondary N) is 1. The summed E-state index contributed by atoms with van der Waals surface area (Å²) in [6, 6.07) is 6.39. The van der Waals surface area contributed by atoms with Crippen molar-refractivity contribution in [2.24, 2.45) is 7.05 Å². The van der Waals surface area contributed by atoms with Gasteiger partial charge in [-0.3, -0.25) is 9.67 Å². The molecular formula is C14H20N4. The minimum atomic E-state index is 0.316. The number of nitrogens with zero attached hydrogens (tertiary/aromatic N) is 3. The van der Waals surface area contributed by atoms with Crippen LogP contribution in [0.25, 0.3) is 0 Å². The van der Waals surface area contributed by atoms with E-state index in [0.29, 0.717) is 6.04 Å². The van der Waals surface area contributed by atoms with Crippen LogP contribution in [0.15, 0.2) is 36.8 Å². The first-order valence-corrected chi connectivity index (χ1v) is 6.41. The molecule has 1 atom stereocenters. The normalized spacial score (nSPS) is 12.6. The number of aromatic nitrogens is 3. The Morgan fingerprint density at radius 1 is 1.39 bits per heavy atom. The van der Waals surface area contributed by atoms with Crippen molar-refractivity contribution in [2.75, 3.05) is 6.54 Å². The molecule has 0 spiro atoms. The monoisotopic (exact) mass is 244 g/mol. The Balaban J connectivity index is 1.98. The van der Waals surface area contributed by atoms with Crippen molar-refractivity contribution >= 4 is 0 Å². The van der Waals surface area contributed by atoms with Crippen molar-refractivity contribution in [2.45, 2.75) is 25.8 Å². The molecule has 0 bridgehead atoms. The van der Waals surface area contributed by atoms with Crippen molar-refractivity contribution in [1.29, 1.82) is 0 Å². The predicted molar refractivity (Wildman–Crippen MR) is 72.2 cm³/mol. The van der Waals surface area contributed by atoms with Crippen LogP contribution in [-0.4, -0.2) is 21.3 Å². The molecule has 2 aromatic rings. The van der Waals surface area contributed by atoms with Gasteiger partial charge in [0.2, 0.25) is 0 Å². The predicted octanol–water partition coefficient (Wildman–Crippen LogP) is 2.10. The number of aryl methyl sites for hydroxylation is 2. The van der Waals surface area contributed by atoms with E-state index >= 15 is 0 Å². The summed E-state index contributed by atoms with van der Waals surface area (Å²) < 4.78 is 1.85. The second-order valence-corrected chi connectivity index (χ2v) is 4.43. The van der Waals surface area contributed by atoms with Gasteiger partial charge in [-0.15, -0.1) is 0 Å². The van der Waals surface area contributed by atoms with E-state index < -0.39 is 0 Å². The van der Waals surface area contributed by atoms with Crippen molar-refractivity contribution in [3.05, 3.63) is 48.0 Å². The molecule has 0 aliphatic rings. The molecule has 0 aliphatic carbocycles. The van der Waals surface area contributed by atoms with Crippen LogP contribution in [-0.2, 0) is 13.5 Å². The maximum atomic E-state index is 4.43. The van der Waals surface area contributed by atoms with Crippen LogP contribution in [0.4, 0.5) is 0 Å². The first kappa shape index (κ1) is 12.8. The van der Waals surface area contributed by atoms with Gasteiger partial charge in [-0.2, -0.15) is 5.10 Å². The maximum Gasteiger partial charge on any atom is 0.0573 e. The summed E-state index contributed by atoms with van der Waals surface area (Å²) in [5.74, 6) is 0. The van der Waals surface area contributed by atoms with Gasteiger partial charge in [0.05, 0.1) is 11.9 Å². The van der Waals surface area contributed by atoms with Gasteiger partial charge >= 0.3 is 0 Å². The third kappa shape index (κ3) is 3.40. The summed E-state index contributed by atoms with van der Waals surface area (Å²) in [6.07, 6.45) is 7.91. The molecule has 18 heavy (non-hydrogen) atoms. The summed E-state index contributed by atoms with van der Waals surface area (Å²) in [5, 5.41) is 7.68. The first-order valence-electron chi connectivity index (χ1n) is 6.41. The molecular weight excluding hydrogens is 224 g/mol. The van der Waals surface area contributed by atoms with Crippen LogP contribution in [0.5, 0.6) is 0 Å². The van der Waals surface area contributed by atoms with Gasteiger partial charge in [-0.25, -0.2) is 0 Å². The minimum Gasteiger partial charge on any atom is -0.309 e. The molecule has 0 radical (unpaired) electrons. The van der Waals surface area contributed by atoms with E-state index in [1.54, 1.807) is 0 Å². The Bertz CT molecular complexity index is 464. The molecule has 0 aliphatic heterocycles. The molecule has 1 unspecified atom stereocenters. The fourth-order valence-electron chi connectivity index (χ4n) is 2.09. The molecule has 0 fully saturated rings. The lowest BCUT2D eigenvalue weighted by molar-refractivity contribution is 0.504. The van der Waals surface area contributed by atoms with E-state index in [2.05, 4.69) is 34.6 Å². The molecule has 4 nitrogen and oxygen atoms in total. The Labute approximate surface area is 108 Å². The van der Waals surface area contributed by atoms with Crippen molar-refractivity contribution in [3.63, 3.8) is 0 Å². The standard InChI is InChI=1S/C14H20N4/c1-3-15-14(13-6-4-5-9-16-13)8-7-12-10-17-18(2)11-12/h4-6,9-11,14-15H,3,7-8H2,1-2H3. The van der Waals surface area contributed by atoms with E-state index in [1.165, 1.54) is 5.56 Å². The lowest BCUT2D eigenvalue weighted by Crippen LogP contribution is -2.22. The number of hydrogen-bond donors (Lipinski definition) is 1. The van der Waals surface area contributed by atoms with Crippen molar-refractivity contribution in [1.82, 2.24) is 20.1 Å². The third-order valence-corrected chi connectivity index (χ3v) is 2.98. The Kier molecular flexibility index (Phi) is 4.47. The topological polar surface area (TPSA) is 42.7 Å². The molecule has 4 heteroatoms. The lowest BCUT2D eigenvalue weighted by Gasteiger charge is -2.16. The first-order chi connectivity index (χ1) is 8.79. The van der Waals surface area contributed by atoms with Gasteiger partial charge in [0.15, 0.2) is 0 Å². The summed E-state index contributed by atoms with van der Waals surface area (Å²) in [5.41, 5.74) is 2.39. The maximum absolute atomic E-state index is 4.43. The SMILES string of the molecule is CCNC(CCc1cnn(C)c1)c1ccccn1. The highest BCUT2D eigenvalue weighted by molar-refractivity contribution is 5.11. The number of rotatable bonds is 6. The van der Waals surface area contributed by atoms with E-state index in [-0.39, 0.29) is 0 Å². The van der Waals surface area contributed by atoms with Gasteiger partial charge < -0.3 is 5.32 Å². The van der Waals surface area contributed by atoms with E-state index in [9.17, 15) is 0 Å². The van der Waals surface area contributed by atoms with E-state index in [1.807, 2.05) is 36.3 Å². The molecule has 2 heterocycles. The molecule has 0 aromatic carbocycles. The minimum absolute atomic E-state index is 0.316. The van der Waals surface area contributed by atoms with Crippen LogP contribution in [0.1, 0.15) is 30.6 Å². The van der Waals surface area contributed by atoms with Gasteiger partial charge in [-0.05, 0) is 37.1 Å². The molecule has 0 saturated carbocycles. The van der Waals surface area contributed by atoms with Gasteiger partial charge in [0, 0.05) is 25.5 Å². The van der Waals surface area contributed by atoms with Crippen LogP contribution >= 0.6 is 0 Å². The van der Waals surface area contributed by atoms with Gasteiger partial charge in [0.25, 0.3) is 0 Å². The molecule has 0 saturated heterocycles. The highest BCUT2D eigenvalue weighted by Crippen LogP contribution is 2.16. The average molecular weight is 244 g/mol. The molecule has 96 valence electrons. The second kappa shape index (κ2) is 6.31. The van der Waals surface area contributed by atoms with E-state index in [0.717, 1.165) is 25.1 Å². The smallest absolute Gasteiger partial charge is 0.0573 e. The molecule has 2 aromatic heterocycles. The Hall–Kier alpha value is -1.68. The van der Waals surface area contributed by atoms with Crippen LogP contribution in [0, 0.1) is 0 Å². The largest absolute Gasteiger partial charge is 0.309 e. The molecule has 2 rings (SSSR count). The van der Waals surface area contributed by atoms with Gasteiger partial charge in [0.1, 0.15) is 0 Å². The van der Waals surface area contributed by atoms with Crippen LogP contribution in [0.3, 0.4) is 0 Å². The zero-order chi connectivity index (χ0) is 12.8. The number of hydrogen-bond acceptors (Lipinski definition) is 3. The van der Waals surface area contributed by atoms with E-state index in [4.69, 9.17) is 0 Å². The average Bonchev–Trinajstić information content (AvgIpc) is 2.81. The number of pyridine rings is 1. The highest BCUT2D eigenvalue weighted by atomic mass is 15.2. The lowest BCUT2D eigenvalue weighted by atomic mass is 10.0. The highest BCUT2D eigenvalue weighted by Gasteiger charge is 2.11. The van der Waals surface area contributed by atoms with Crippen LogP contribution in [0.2, 0.25) is 0 Å². The summed E-state index contributed by atoms with van der Waals surface area (Å²) >= 11 is 0. The fraction of sp³-hybridized carbons (Fsp3) is 0.429. The van der Waals surface area contributed by atoms with Crippen molar-refractivity contribution < 1.29 is 0 Å². The Morgan fingerprint density at radius 3 is 2.89 bits per heavy atom. The summed E-state index contributed by atoms with van der Waals surface area (Å²) in [7, 11) is 1.95. The summed E-state index contributed by atoms with van der Waals surface area (Å²) in [6.45, 7) is 3.08. The molecule has 1 N–H and O–H groups in total. The Morgan fingerprint density at radius 2 is 2.28 bits per heavy atom. The van der Waals surface area contributed by atoms with Gasteiger partial charge in [-0.1, -0.05) is 13.0 Å². The quantitative estimate of drug-likeness (QED) is 0.846. The summed E-state index contributed by atoms with van der Waals surface area (Å²) in [4.78, 5) is 4.43. The second-order valence-electron chi connectivity index (χ2n) is 4.43. The zero-order valence-electron chi connectivity index (χ0n) is 11.0. The fourth-order valence-corrected chi connectivity index (χ4v) is 2.09. The molecule has 0 amide bonds. The van der Waals surface area contributed by atoms with Crippen LogP contribution < -0.4 is 5.32 Å². The zero-order valence-corrected chi connectivity index (χ0v) is 11.0.